The van der Waals surface area contributed by atoms with Gasteiger partial charge in [-0.3, -0.25) is 4.79 Å². The van der Waals surface area contributed by atoms with Crippen LogP contribution in [0.3, 0.4) is 0 Å². The van der Waals surface area contributed by atoms with E-state index >= 15 is 0 Å². The first-order chi connectivity index (χ1) is 9.19. The van der Waals surface area contributed by atoms with Gasteiger partial charge < -0.3 is 9.47 Å². The highest BCUT2D eigenvalue weighted by Crippen LogP contribution is 2.14. The van der Waals surface area contributed by atoms with Gasteiger partial charge in [0.2, 0.25) is 0 Å². The van der Waals surface area contributed by atoms with E-state index in [1.807, 2.05) is 0 Å². The average Bonchev–Trinajstić information content (AvgIpc) is 2.42. The van der Waals surface area contributed by atoms with E-state index in [2.05, 4.69) is 30.7 Å². The zero-order valence-electron chi connectivity index (χ0n) is 12.1. The van der Waals surface area contributed by atoms with E-state index < -0.39 is 0 Å². The standard InChI is InChI=1S/C14H24ClN3O/c1-4-9-17-11-8-16-13(14(17)19)18(10-7-15)12(5-2)6-3/h8,11-12H,4-7,9-10H2,1-3H3. The molecule has 0 aliphatic heterocycles. The molecule has 0 amide bonds. The minimum Gasteiger partial charge on any atom is -0.348 e. The molecule has 0 unspecified atom stereocenters. The molecule has 0 aromatic carbocycles. The molecular weight excluding hydrogens is 262 g/mol. The number of hydrogen-bond acceptors (Lipinski definition) is 3. The Morgan fingerprint density at radius 2 is 2.05 bits per heavy atom. The van der Waals surface area contributed by atoms with Crippen molar-refractivity contribution in [2.24, 2.45) is 0 Å². The van der Waals surface area contributed by atoms with Crippen molar-refractivity contribution in [2.45, 2.75) is 52.6 Å². The monoisotopic (exact) mass is 285 g/mol. The van der Waals surface area contributed by atoms with Crippen molar-refractivity contribution in [1.82, 2.24) is 9.55 Å². The van der Waals surface area contributed by atoms with E-state index in [4.69, 9.17) is 11.6 Å². The molecule has 0 radical (unpaired) electrons. The Morgan fingerprint density at radius 1 is 1.37 bits per heavy atom. The van der Waals surface area contributed by atoms with Crippen LogP contribution in [0.25, 0.3) is 0 Å². The zero-order valence-corrected chi connectivity index (χ0v) is 12.9. The van der Waals surface area contributed by atoms with Crippen molar-refractivity contribution >= 4 is 17.4 Å². The number of aryl methyl sites for hydroxylation is 1. The summed E-state index contributed by atoms with van der Waals surface area (Å²) in [6.07, 6.45) is 6.36. The van der Waals surface area contributed by atoms with Gasteiger partial charge in [-0.05, 0) is 19.3 Å². The number of aromatic nitrogens is 2. The second kappa shape index (κ2) is 8.20. The first-order valence-corrected chi connectivity index (χ1v) is 7.60. The molecule has 0 fully saturated rings. The molecule has 5 heteroatoms. The molecule has 0 atom stereocenters. The van der Waals surface area contributed by atoms with Gasteiger partial charge >= 0.3 is 0 Å². The van der Waals surface area contributed by atoms with Gasteiger partial charge in [-0.15, -0.1) is 11.6 Å². The molecule has 1 heterocycles. The van der Waals surface area contributed by atoms with E-state index in [0.29, 0.717) is 24.3 Å². The highest BCUT2D eigenvalue weighted by molar-refractivity contribution is 6.18. The lowest BCUT2D eigenvalue weighted by Gasteiger charge is -2.30. The van der Waals surface area contributed by atoms with E-state index in [0.717, 1.165) is 25.8 Å². The average molecular weight is 286 g/mol. The summed E-state index contributed by atoms with van der Waals surface area (Å²) in [5.41, 5.74) is -0.0126. The second-order valence-electron chi connectivity index (χ2n) is 4.60. The molecular formula is C14H24ClN3O. The maximum absolute atomic E-state index is 12.4. The second-order valence-corrected chi connectivity index (χ2v) is 4.98. The molecule has 1 aromatic heterocycles. The van der Waals surface area contributed by atoms with Gasteiger partial charge in [0.15, 0.2) is 5.82 Å². The Kier molecular flexibility index (Phi) is 6.92. The summed E-state index contributed by atoms with van der Waals surface area (Å²) >= 11 is 5.88. The van der Waals surface area contributed by atoms with Crippen molar-refractivity contribution in [3.63, 3.8) is 0 Å². The fourth-order valence-corrected chi connectivity index (χ4v) is 2.51. The smallest absolute Gasteiger partial charge is 0.293 e. The van der Waals surface area contributed by atoms with Crippen LogP contribution in [0, 0.1) is 0 Å². The fraction of sp³-hybridized carbons (Fsp3) is 0.714. The summed E-state index contributed by atoms with van der Waals surface area (Å²) in [7, 11) is 0. The summed E-state index contributed by atoms with van der Waals surface area (Å²) in [5.74, 6) is 1.03. The third-order valence-electron chi connectivity index (χ3n) is 3.34. The van der Waals surface area contributed by atoms with Gasteiger partial charge in [0.1, 0.15) is 0 Å². The maximum Gasteiger partial charge on any atom is 0.293 e. The van der Waals surface area contributed by atoms with E-state index in [-0.39, 0.29) is 5.56 Å². The van der Waals surface area contributed by atoms with Gasteiger partial charge in [0.05, 0.1) is 0 Å². The predicted octanol–water partition coefficient (Wildman–Crippen LogP) is 2.89. The highest BCUT2D eigenvalue weighted by Gasteiger charge is 2.19. The van der Waals surface area contributed by atoms with E-state index in [1.165, 1.54) is 0 Å². The predicted molar refractivity (Wildman–Crippen MR) is 81.2 cm³/mol. The van der Waals surface area contributed by atoms with Crippen molar-refractivity contribution in [3.8, 4) is 0 Å². The molecule has 0 aliphatic rings. The normalized spacial score (nSPS) is 11.0. The van der Waals surface area contributed by atoms with Crippen molar-refractivity contribution in [3.05, 3.63) is 22.7 Å². The van der Waals surface area contributed by atoms with Gasteiger partial charge in [-0.25, -0.2) is 4.98 Å². The van der Waals surface area contributed by atoms with Gasteiger partial charge in [-0.2, -0.15) is 0 Å². The number of alkyl halides is 1. The van der Waals surface area contributed by atoms with Crippen molar-refractivity contribution in [2.75, 3.05) is 17.3 Å². The van der Waals surface area contributed by atoms with E-state index in [9.17, 15) is 4.79 Å². The van der Waals surface area contributed by atoms with Crippen LogP contribution < -0.4 is 10.5 Å². The van der Waals surface area contributed by atoms with Crippen LogP contribution in [0.4, 0.5) is 5.82 Å². The summed E-state index contributed by atoms with van der Waals surface area (Å²) in [6, 6.07) is 0.316. The summed E-state index contributed by atoms with van der Waals surface area (Å²) in [5, 5.41) is 0. The van der Waals surface area contributed by atoms with Crippen molar-refractivity contribution < 1.29 is 0 Å². The maximum atomic E-state index is 12.4. The molecule has 0 saturated carbocycles. The largest absolute Gasteiger partial charge is 0.348 e. The fourth-order valence-electron chi connectivity index (χ4n) is 2.33. The Labute approximate surface area is 120 Å². The molecule has 4 nitrogen and oxygen atoms in total. The summed E-state index contributed by atoms with van der Waals surface area (Å²) in [4.78, 5) is 18.8. The van der Waals surface area contributed by atoms with Gasteiger partial charge in [0, 0.05) is 37.4 Å². The first kappa shape index (κ1) is 16.0. The van der Waals surface area contributed by atoms with Crippen molar-refractivity contribution in [1.29, 1.82) is 0 Å². The molecule has 0 N–H and O–H groups in total. The third-order valence-corrected chi connectivity index (χ3v) is 3.51. The van der Waals surface area contributed by atoms with Crippen LogP contribution in [0.5, 0.6) is 0 Å². The lowest BCUT2D eigenvalue weighted by Crippen LogP contribution is -2.41. The Morgan fingerprint density at radius 3 is 2.58 bits per heavy atom. The SMILES string of the molecule is CCCn1ccnc(N(CCCl)C(CC)CC)c1=O. The number of halogens is 1. The van der Waals surface area contributed by atoms with Crippen LogP contribution in [-0.4, -0.2) is 28.0 Å². The van der Waals surface area contributed by atoms with Crippen LogP contribution >= 0.6 is 11.6 Å². The Hall–Kier alpha value is -1.03. The number of rotatable bonds is 8. The van der Waals surface area contributed by atoms with Crippen LogP contribution in [0.1, 0.15) is 40.0 Å². The van der Waals surface area contributed by atoms with E-state index in [1.54, 1.807) is 17.0 Å². The number of hydrogen-bond donors (Lipinski definition) is 0. The minimum absolute atomic E-state index is 0.0126. The topological polar surface area (TPSA) is 38.1 Å². The van der Waals surface area contributed by atoms with Gasteiger partial charge in [-0.1, -0.05) is 20.8 Å². The molecule has 0 bridgehead atoms. The molecule has 19 heavy (non-hydrogen) atoms. The molecule has 0 spiro atoms. The van der Waals surface area contributed by atoms with Gasteiger partial charge in [0.25, 0.3) is 5.56 Å². The zero-order chi connectivity index (χ0) is 14.3. The Bertz CT molecular complexity index is 429. The number of anilines is 1. The molecule has 1 rings (SSSR count). The molecule has 1 aromatic rings. The first-order valence-electron chi connectivity index (χ1n) is 7.07. The lowest BCUT2D eigenvalue weighted by molar-refractivity contribution is 0.553. The minimum atomic E-state index is -0.0126. The summed E-state index contributed by atoms with van der Waals surface area (Å²) < 4.78 is 1.73. The van der Waals surface area contributed by atoms with Crippen LogP contribution in [0.2, 0.25) is 0 Å². The molecule has 0 aliphatic carbocycles. The van der Waals surface area contributed by atoms with Crippen LogP contribution in [-0.2, 0) is 6.54 Å². The number of nitrogens with zero attached hydrogens (tertiary/aromatic N) is 3. The molecule has 108 valence electrons. The lowest BCUT2D eigenvalue weighted by atomic mass is 10.1. The third kappa shape index (κ3) is 3.96. The quantitative estimate of drug-likeness (QED) is 0.689. The van der Waals surface area contributed by atoms with Crippen LogP contribution in [0.15, 0.2) is 17.2 Å². The summed E-state index contributed by atoms with van der Waals surface area (Å²) in [6.45, 7) is 7.70. The Balaban J connectivity index is 3.15. The molecule has 0 saturated heterocycles. The highest BCUT2D eigenvalue weighted by atomic mass is 35.5.